The Morgan fingerprint density at radius 2 is 2.32 bits per heavy atom. The van der Waals surface area contributed by atoms with E-state index in [9.17, 15) is 9.18 Å². The van der Waals surface area contributed by atoms with Gasteiger partial charge in [0.25, 0.3) is 5.91 Å². The molecule has 1 fully saturated rings. The molecule has 1 saturated heterocycles. The van der Waals surface area contributed by atoms with Crippen molar-refractivity contribution < 1.29 is 14.4 Å². The average molecular weight is 265 g/mol. The molecule has 0 saturated carbocycles. The summed E-state index contributed by atoms with van der Waals surface area (Å²) in [6.07, 6.45) is 1.37. The molecule has 0 radical (unpaired) electrons. The number of oxime groups is 1. The first kappa shape index (κ1) is 13.3. The van der Waals surface area contributed by atoms with Gasteiger partial charge in [-0.25, -0.2) is 4.39 Å². The van der Waals surface area contributed by atoms with Crippen LogP contribution in [0.4, 0.5) is 4.39 Å². The lowest BCUT2D eigenvalue weighted by Crippen LogP contribution is -2.44. The quantitative estimate of drug-likeness (QED) is 0.368. The average Bonchev–Trinajstić information content (AvgIpc) is 2.89. The van der Waals surface area contributed by atoms with Gasteiger partial charge >= 0.3 is 0 Å². The van der Waals surface area contributed by atoms with Crippen molar-refractivity contribution in [3.05, 3.63) is 35.1 Å². The molecule has 1 unspecified atom stereocenters. The maximum Gasteiger partial charge on any atom is 0.257 e. The van der Waals surface area contributed by atoms with E-state index < -0.39 is 17.8 Å². The predicted octanol–water partition coefficient (Wildman–Crippen LogP) is 1.49. The Bertz CT molecular complexity index is 531. The van der Waals surface area contributed by atoms with E-state index in [2.05, 4.69) is 5.16 Å². The molecule has 5 nitrogen and oxygen atoms in total. The fourth-order valence-electron chi connectivity index (χ4n) is 2.35. The maximum atomic E-state index is 14.0. The Morgan fingerprint density at radius 3 is 3.00 bits per heavy atom. The summed E-state index contributed by atoms with van der Waals surface area (Å²) in [6, 6.07) is 4.24. The number of carbonyl (C=O) groups is 1. The zero-order valence-electron chi connectivity index (χ0n) is 10.6. The molecule has 1 atom stereocenters. The van der Waals surface area contributed by atoms with Crippen LogP contribution < -0.4 is 5.73 Å². The van der Waals surface area contributed by atoms with Crippen LogP contribution in [0.15, 0.2) is 23.4 Å². The van der Waals surface area contributed by atoms with Gasteiger partial charge < -0.3 is 15.8 Å². The van der Waals surface area contributed by atoms with E-state index in [0.29, 0.717) is 18.5 Å². The van der Waals surface area contributed by atoms with Gasteiger partial charge in [-0.15, -0.1) is 0 Å². The van der Waals surface area contributed by atoms with Crippen molar-refractivity contribution >= 4 is 11.7 Å². The van der Waals surface area contributed by atoms with Crippen LogP contribution in [0, 0.1) is 12.7 Å². The maximum absolute atomic E-state index is 14.0. The van der Waals surface area contributed by atoms with E-state index >= 15 is 0 Å². The molecule has 3 N–H and O–H groups in total. The Kier molecular flexibility index (Phi) is 3.69. The number of hydrogen-bond donors (Lipinski definition) is 2. The number of halogens is 1. The minimum absolute atomic E-state index is 0.0149. The second-order valence-corrected chi connectivity index (χ2v) is 4.62. The highest BCUT2D eigenvalue weighted by Gasteiger charge is 2.33. The largest absolute Gasteiger partial charge is 0.409 e. The SMILES string of the molecule is Cc1cccc(C(=O)N2CCCC2/C(N)=N/O)c1F. The summed E-state index contributed by atoms with van der Waals surface area (Å²) in [7, 11) is 0. The van der Waals surface area contributed by atoms with Gasteiger partial charge in [0.05, 0.1) is 11.6 Å². The van der Waals surface area contributed by atoms with E-state index in [1.54, 1.807) is 19.1 Å². The van der Waals surface area contributed by atoms with E-state index in [1.807, 2.05) is 0 Å². The third-order valence-electron chi connectivity index (χ3n) is 3.39. The van der Waals surface area contributed by atoms with E-state index in [1.165, 1.54) is 11.0 Å². The van der Waals surface area contributed by atoms with Crippen LogP contribution in [0.25, 0.3) is 0 Å². The number of hydrogen-bond acceptors (Lipinski definition) is 3. The Morgan fingerprint density at radius 1 is 1.58 bits per heavy atom. The molecular weight excluding hydrogens is 249 g/mol. The summed E-state index contributed by atoms with van der Waals surface area (Å²) in [5.74, 6) is -0.952. The van der Waals surface area contributed by atoms with Gasteiger partial charge in [-0.3, -0.25) is 4.79 Å². The fraction of sp³-hybridized carbons (Fsp3) is 0.385. The molecule has 19 heavy (non-hydrogen) atoms. The number of nitrogens with two attached hydrogens (primary N) is 1. The molecule has 6 heteroatoms. The molecule has 1 amide bonds. The van der Waals surface area contributed by atoms with Crippen LogP contribution in [-0.4, -0.2) is 34.4 Å². The second kappa shape index (κ2) is 5.26. The van der Waals surface area contributed by atoms with Gasteiger partial charge in [0.1, 0.15) is 5.82 Å². The molecule has 102 valence electrons. The molecule has 0 bridgehead atoms. The number of amides is 1. The van der Waals surface area contributed by atoms with Crippen molar-refractivity contribution in [3.8, 4) is 0 Å². The monoisotopic (exact) mass is 265 g/mol. The minimum atomic E-state index is -0.516. The van der Waals surface area contributed by atoms with Crippen LogP contribution in [-0.2, 0) is 0 Å². The molecule has 1 aliphatic heterocycles. The topological polar surface area (TPSA) is 78.9 Å². The van der Waals surface area contributed by atoms with Gasteiger partial charge in [-0.2, -0.15) is 0 Å². The lowest BCUT2D eigenvalue weighted by atomic mass is 10.1. The normalized spacial score (nSPS) is 19.8. The van der Waals surface area contributed by atoms with Crippen LogP contribution in [0.5, 0.6) is 0 Å². The Hall–Kier alpha value is -2.11. The van der Waals surface area contributed by atoms with E-state index in [-0.39, 0.29) is 11.4 Å². The summed E-state index contributed by atoms with van der Waals surface area (Å²) < 4.78 is 14.0. The highest BCUT2D eigenvalue weighted by Crippen LogP contribution is 2.22. The van der Waals surface area contributed by atoms with Crippen molar-refractivity contribution in [3.63, 3.8) is 0 Å². The Labute approximate surface area is 110 Å². The highest BCUT2D eigenvalue weighted by atomic mass is 19.1. The molecule has 1 aliphatic rings. The molecular formula is C13H16FN3O2. The minimum Gasteiger partial charge on any atom is -0.409 e. The number of likely N-dealkylation sites (tertiary alicyclic amines) is 1. The summed E-state index contributed by atoms with van der Waals surface area (Å²) in [5.41, 5.74) is 6.01. The summed E-state index contributed by atoms with van der Waals surface area (Å²) in [4.78, 5) is 13.8. The first-order valence-corrected chi connectivity index (χ1v) is 6.09. The van der Waals surface area contributed by atoms with Crippen molar-refractivity contribution in [2.75, 3.05) is 6.54 Å². The standard InChI is InChI=1S/C13H16FN3O2/c1-8-4-2-5-9(11(8)14)13(18)17-7-3-6-10(17)12(15)16-19/h2,4-5,10,19H,3,6-7H2,1H3,(H2,15,16). The summed E-state index contributed by atoms with van der Waals surface area (Å²) in [5, 5.41) is 11.7. The number of nitrogens with zero attached hydrogens (tertiary/aromatic N) is 2. The van der Waals surface area contributed by atoms with Crippen LogP contribution in [0.1, 0.15) is 28.8 Å². The first-order chi connectivity index (χ1) is 9.06. The highest BCUT2D eigenvalue weighted by molar-refractivity contribution is 5.99. The van der Waals surface area contributed by atoms with Crippen molar-refractivity contribution in [2.45, 2.75) is 25.8 Å². The lowest BCUT2D eigenvalue weighted by molar-refractivity contribution is 0.0763. The summed E-state index contributed by atoms with van der Waals surface area (Å²) in [6.45, 7) is 2.09. The zero-order chi connectivity index (χ0) is 14.0. The third-order valence-corrected chi connectivity index (χ3v) is 3.39. The molecule has 1 aromatic rings. The number of rotatable bonds is 2. The zero-order valence-corrected chi connectivity index (χ0v) is 10.6. The van der Waals surface area contributed by atoms with Crippen molar-refractivity contribution in [1.29, 1.82) is 0 Å². The van der Waals surface area contributed by atoms with E-state index in [4.69, 9.17) is 10.9 Å². The van der Waals surface area contributed by atoms with Gasteiger partial charge in [0, 0.05) is 6.54 Å². The lowest BCUT2D eigenvalue weighted by Gasteiger charge is -2.24. The first-order valence-electron chi connectivity index (χ1n) is 6.09. The molecule has 1 aromatic carbocycles. The summed E-state index contributed by atoms with van der Waals surface area (Å²) >= 11 is 0. The molecule has 0 aliphatic carbocycles. The van der Waals surface area contributed by atoms with Crippen LogP contribution in [0.3, 0.4) is 0 Å². The Balaban J connectivity index is 2.31. The van der Waals surface area contributed by atoms with Gasteiger partial charge in [0.2, 0.25) is 0 Å². The predicted molar refractivity (Wildman–Crippen MR) is 68.6 cm³/mol. The number of amidine groups is 1. The molecule has 0 spiro atoms. The number of benzene rings is 1. The van der Waals surface area contributed by atoms with Gasteiger partial charge in [-0.05, 0) is 31.4 Å². The molecule has 2 rings (SSSR count). The second-order valence-electron chi connectivity index (χ2n) is 4.62. The number of carbonyl (C=O) groups excluding carboxylic acids is 1. The van der Waals surface area contributed by atoms with Crippen molar-refractivity contribution in [2.24, 2.45) is 10.9 Å². The molecule has 1 heterocycles. The van der Waals surface area contributed by atoms with Gasteiger partial charge in [-0.1, -0.05) is 17.3 Å². The van der Waals surface area contributed by atoms with Gasteiger partial charge in [0.15, 0.2) is 5.84 Å². The van der Waals surface area contributed by atoms with Crippen LogP contribution in [0.2, 0.25) is 0 Å². The fourth-order valence-corrected chi connectivity index (χ4v) is 2.35. The van der Waals surface area contributed by atoms with Crippen molar-refractivity contribution in [1.82, 2.24) is 4.90 Å². The molecule has 0 aromatic heterocycles. The van der Waals surface area contributed by atoms with E-state index in [0.717, 1.165) is 6.42 Å². The number of aryl methyl sites for hydroxylation is 1. The smallest absolute Gasteiger partial charge is 0.257 e. The van der Waals surface area contributed by atoms with Crippen LogP contribution >= 0.6 is 0 Å². The third kappa shape index (κ3) is 2.38.